The van der Waals surface area contributed by atoms with Crippen molar-refractivity contribution in [3.8, 4) is 0 Å². The fourth-order valence-corrected chi connectivity index (χ4v) is 2.93. The number of carboxylic acids is 1. The largest absolute Gasteiger partial charge is 0.481 e. The summed E-state index contributed by atoms with van der Waals surface area (Å²) in [5.74, 6) is -2.87. The van der Waals surface area contributed by atoms with E-state index in [0.717, 1.165) is 0 Å². The second-order valence-electron chi connectivity index (χ2n) is 5.67. The summed E-state index contributed by atoms with van der Waals surface area (Å²) in [7, 11) is 0. The highest BCUT2D eigenvalue weighted by Crippen LogP contribution is 2.47. The highest BCUT2D eigenvalue weighted by Gasteiger charge is 2.66. The summed E-state index contributed by atoms with van der Waals surface area (Å²) in [5, 5.41) is 15.9. The average Bonchev–Trinajstić information content (AvgIpc) is 2.95. The van der Waals surface area contributed by atoms with Crippen LogP contribution in [0.15, 0.2) is 12.3 Å². The molecule has 2 rings (SSSR count). The molecule has 0 aliphatic carbocycles. The molecule has 1 aromatic heterocycles. The molecule has 0 amide bonds. The molecule has 118 valence electrons. The number of aromatic nitrogens is 2. The molecule has 0 radical (unpaired) electrons. The topological polar surface area (TPSA) is 67.2 Å². The molecule has 1 aliphatic heterocycles. The van der Waals surface area contributed by atoms with Gasteiger partial charge in [-0.3, -0.25) is 9.48 Å². The number of alkyl halides is 3. The normalized spacial score (nSPS) is 26.5. The van der Waals surface area contributed by atoms with E-state index in [1.807, 2.05) is 13.8 Å². The quantitative estimate of drug-likeness (QED) is 0.891. The zero-order chi connectivity index (χ0) is 15.8. The third kappa shape index (κ3) is 2.52. The van der Waals surface area contributed by atoms with E-state index < -0.39 is 30.0 Å². The van der Waals surface area contributed by atoms with Gasteiger partial charge in [-0.25, -0.2) is 0 Å². The highest BCUT2D eigenvalue weighted by molar-refractivity contribution is 5.77. The number of rotatable bonds is 4. The minimum absolute atomic E-state index is 0.00878. The minimum Gasteiger partial charge on any atom is -0.481 e. The first-order valence-corrected chi connectivity index (χ1v) is 6.73. The second-order valence-corrected chi connectivity index (χ2v) is 5.67. The van der Waals surface area contributed by atoms with Gasteiger partial charge in [0.1, 0.15) is 0 Å². The fourth-order valence-electron chi connectivity index (χ4n) is 2.93. The Balaban J connectivity index is 2.34. The van der Waals surface area contributed by atoms with Gasteiger partial charge in [-0.2, -0.15) is 18.3 Å². The Hall–Kier alpha value is -1.57. The summed E-state index contributed by atoms with van der Waals surface area (Å²) in [6.07, 6.45) is -3.25. The van der Waals surface area contributed by atoms with Crippen molar-refractivity contribution >= 4 is 5.97 Å². The van der Waals surface area contributed by atoms with Crippen LogP contribution >= 0.6 is 0 Å². The zero-order valence-corrected chi connectivity index (χ0v) is 11.8. The zero-order valence-electron chi connectivity index (χ0n) is 11.8. The van der Waals surface area contributed by atoms with Crippen LogP contribution in [0.5, 0.6) is 0 Å². The van der Waals surface area contributed by atoms with Gasteiger partial charge in [0.05, 0.1) is 0 Å². The van der Waals surface area contributed by atoms with Crippen LogP contribution in [0.3, 0.4) is 0 Å². The Morgan fingerprint density at radius 1 is 1.62 bits per heavy atom. The van der Waals surface area contributed by atoms with Gasteiger partial charge in [-0.05, 0) is 32.9 Å². The van der Waals surface area contributed by atoms with E-state index in [-0.39, 0.29) is 19.0 Å². The van der Waals surface area contributed by atoms with E-state index in [0.29, 0.717) is 5.69 Å². The molecule has 2 heterocycles. The lowest BCUT2D eigenvalue weighted by Crippen LogP contribution is -2.51. The Labute approximate surface area is 120 Å². The predicted molar refractivity (Wildman–Crippen MR) is 68.8 cm³/mol. The number of hydrogen-bond donors (Lipinski definition) is 2. The fraction of sp³-hybridized carbons (Fsp3) is 0.692. The summed E-state index contributed by atoms with van der Waals surface area (Å²) in [5.41, 5.74) is -2.12. The molecule has 0 aromatic carbocycles. The number of hydrogen-bond acceptors (Lipinski definition) is 3. The van der Waals surface area contributed by atoms with Crippen LogP contribution in [-0.2, 0) is 11.2 Å². The first-order valence-electron chi connectivity index (χ1n) is 6.73. The van der Waals surface area contributed by atoms with Crippen LogP contribution in [0.4, 0.5) is 13.2 Å². The predicted octanol–water partition coefficient (Wildman–Crippen LogP) is 1.86. The third-order valence-corrected chi connectivity index (χ3v) is 4.08. The van der Waals surface area contributed by atoms with Gasteiger partial charge in [0, 0.05) is 30.4 Å². The molecular weight excluding hydrogens is 287 g/mol. The number of carbonyl (C=O) groups is 1. The molecule has 1 saturated heterocycles. The molecule has 1 aliphatic rings. The molecule has 1 aromatic rings. The van der Waals surface area contributed by atoms with Crippen LogP contribution in [0, 0.1) is 11.3 Å². The number of aliphatic carboxylic acids is 1. The Kier molecular flexibility index (Phi) is 4.01. The smallest absolute Gasteiger partial charge is 0.406 e. The number of nitrogens with zero attached hydrogens (tertiary/aromatic N) is 2. The van der Waals surface area contributed by atoms with Crippen molar-refractivity contribution in [2.75, 3.05) is 13.1 Å². The van der Waals surface area contributed by atoms with E-state index in [1.54, 1.807) is 10.7 Å². The maximum absolute atomic E-state index is 13.4. The lowest BCUT2D eigenvalue weighted by molar-refractivity contribution is -0.236. The lowest BCUT2D eigenvalue weighted by Gasteiger charge is -2.32. The molecule has 0 spiro atoms. The van der Waals surface area contributed by atoms with Gasteiger partial charge in [0.15, 0.2) is 5.41 Å². The molecule has 2 atom stereocenters. The Morgan fingerprint density at radius 3 is 2.81 bits per heavy atom. The lowest BCUT2D eigenvalue weighted by atomic mass is 9.75. The van der Waals surface area contributed by atoms with Crippen molar-refractivity contribution in [2.45, 2.75) is 32.5 Å². The van der Waals surface area contributed by atoms with Gasteiger partial charge in [-0.1, -0.05) is 0 Å². The molecule has 0 bridgehead atoms. The average molecular weight is 305 g/mol. The molecule has 21 heavy (non-hydrogen) atoms. The van der Waals surface area contributed by atoms with Crippen LogP contribution in [-0.4, -0.2) is 40.1 Å². The summed E-state index contributed by atoms with van der Waals surface area (Å²) in [6.45, 7) is 3.18. The molecular formula is C13H18F3N3O2. The van der Waals surface area contributed by atoms with Crippen LogP contribution in [0.1, 0.15) is 25.6 Å². The van der Waals surface area contributed by atoms with Crippen molar-refractivity contribution in [3.05, 3.63) is 18.0 Å². The molecule has 0 saturated carbocycles. The Morgan fingerprint density at radius 2 is 2.29 bits per heavy atom. The van der Waals surface area contributed by atoms with Gasteiger partial charge in [0.2, 0.25) is 0 Å². The van der Waals surface area contributed by atoms with Crippen molar-refractivity contribution in [3.63, 3.8) is 0 Å². The monoisotopic (exact) mass is 305 g/mol. The van der Waals surface area contributed by atoms with E-state index >= 15 is 0 Å². The van der Waals surface area contributed by atoms with Crippen LogP contribution in [0.2, 0.25) is 0 Å². The minimum atomic E-state index is -4.80. The summed E-state index contributed by atoms with van der Waals surface area (Å²) in [6, 6.07) is 1.65. The standard InChI is InChI=1S/C13H18F3N3O2/c1-8(2)19-10(3-4-18-19)5-9-6-17-7-12(9,11(20)21)13(14,15)16/h3-4,8-9,17H,5-7H2,1-2H3,(H,20,21)/t9-,12+/m1/s1. The van der Waals surface area contributed by atoms with Crippen LogP contribution < -0.4 is 5.32 Å². The summed E-state index contributed by atoms with van der Waals surface area (Å²) in [4.78, 5) is 11.3. The molecule has 5 nitrogen and oxygen atoms in total. The van der Waals surface area contributed by atoms with Crippen molar-refractivity contribution < 1.29 is 23.1 Å². The SMILES string of the molecule is CC(C)n1nccc1C[C@@H]1CNC[C@]1(C(=O)O)C(F)(F)F. The maximum Gasteiger partial charge on any atom is 0.406 e. The van der Waals surface area contributed by atoms with Crippen molar-refractivity contribution in [1.82, 2.24) is 15.1 Å². The highest BCUT2D eigenvalue weighted by atomic mass is 19.4. The van der Waals surface area contributed by atoms with E-state index in [2.05, 4.69) is 10.4 Å². The molecule has 0 unspecified atom stereocenters. The first kappa shape index (κ1) is 15.8. The number of halogens is 3. The van der Waals surface area contributed by atoms with E-state index in [1.165, 1.54) is 6.20 Å². The Bertz CT molecular complexity index is 527. The van der Waals surface area contributed by atoms with Crippen LogP contribution in [0.25, 0.3) is 0 Å². The summed E-state index contributed by atoms with van der Waals surface area (Å²) < 4.78 is 41.7. The number of carboxylic acid groups (broad SMARTS) is 1. The molecule has 8 heteroatoms. The second kappa shape index (κ2) is 5.32. The van der Waals surface area contributed by atoms with Gasteiger partial charge in [-0.15, -0.1) is 0 Å². The van der Waals surface area contributed by atoms with Gasteiger partial charge in [0.25, 0.3) is 0 Å². The molecule has 2 N–H and O–H groups in total. The first-order chi connectivity index (χ1) is 9.70. The van der Waals surface area contributed by atoms with Crippen molar-refractivity contribution in [1.29, 1.82) is 0 Å². The maximum atomic E-state index is 13.4. The molecule has 1 fully saturated rings. The van der Waals surface area contributed by atoms with E-state index in [4.69, 9.17) is 0 Å². The van der Waals surface area contributed by atoms with Crippen molar-refractivity contribution in [2.24, 2.45) is 11.3 Å². The van der Waals surface area contributed by atoms with E-state index in [9.17, 15) is 23.1 Å². The van der Waals surface area contributed by atoms with Gasteiger partial charge >= 0.3 is 12.1 Å². The van der Waals surface area contributed by atoms with Gasteiger partial charge < -0.3 is 10.4 Å². The third-order valence-electron chi connectivity index (χ3n) is 4.08. The summed E-state index contributed by atoms with van der Waals surface area (Å²) >= 11 is 0. The number of nitrogens with one attached hydrogen (secondary N) is 1.